The molecule has 5 rings (SSSR count). The monoisotopic (exact) mass is 432 g/mol. The minimum absolute atomic E-state index is 0.212. The Morgan fingerprint density at radius 3 is 2.22 bits per heavy atom. The van der Waals surface area contributed by atoms with Crippen LogP contribution in [0.1, 0.15) is 0 Å². The number of methoxy groups -OCH3 is 1. The number of hydrogen-bond donors (Lipinski definition) is 1. The van der Waals surface area contributed by atoms with Crippen LogP contribution < -0.4 is 25.8 Å². The number of ether oxygens (including phenoxy) is 1. The van der Waals surface area contributed by atoms with Crippen molar-refractivity contribution in [1.82, 2.24) is 29.5 Å². The normalized spacial score (nSPS) is 14.0. The number of hydrogen-bond acceptors (Lipinski definition) is 9. The summed E-state index contributed by atoms with van der Waals surface area (Å²) in [6.07, 6.45) is 4.90. The average Bonchev–Trinajstić information content (AvgIpc) is 2.85. The minimum atomic E-state index is -0.566. The van der Waals surface area contributed by atoms with Crippen molar-refractivity contribution in [3.05, 3.63) is 69.8 Å². The Morgan fingerprint density at radius 1 is 0.906 bits per heavy atom. The number of benzene rings is 1. The second-order valence-electron chi connectivity index (χ2n) is 7.22. The van der Waals surface area contributed by atoms with Crippen molar-refractivity contribution < 1.29 is 4.74 Å². The van der Waals surface area contributed by atoms with E-state index in [4.69, 9.17) is 4.74 Å². The number of nitrogens with one attached hydrogen (secondary N) is 1. The van der Waals surface area contributed by atoms with E-state index in [0.29, 0.717) is 49.5 Å². The summed E-state index contributed by atoms with van der Waals surface area (Å²) in [5.41, 5.74) is -0.402. The van der Waals surface area contributed by atoms with Gasteiger partial charge in [0.1, 0.15) is 11.1 Å². The van der Waals surface area contributed by atoms with Crippen molar-refractivity contribution in [3.8, 4) is 11.4 Å². The maximum atomic E-state index is 13.0. The van der Waals surface area contributed by atoms with E-state index in [1.54, 1.807) is 49.8 Å². The lowest BCUT2D eigenvalue weighted by Gasteiger charge is -2.34. The molecule has 4 heterocycles. The van der Waals surface area contributed by atoms with E-state index < -0.39 is 11.2 Å². The minimum Gasteiger partial charge on any atom is -0.497 e. The van der Waals surface area contributed by atoms with Gasteiger partial charge in [-0.05, 0) is 30.3 Å². The number of nitrogens with zero attached hydrogens (tertiary/aromatic N) is 7. The third-order valence-corrected chi connectivity index (χ3v) is 5.37. The fourth-order valence-electron chi connectivity index (χ4n) is 3.67. The van der Waals surface area contributed by atoms with Crippen molar-refractivity contribution in [1.29, 1.82) is 0 Å². The van der Waals surface area contributed by atoms with E-state index in [2.05, 4.69) is 29.8 Å². The van der Waals surface area contributed by atoms with Gasteiger partial charge in [0.05, 0.1) is 12.8 Å². The summed E-state index contributed by atoms with van der Waals surface area (Å²) in [6.45, 7) is 2.75. The first-order chi connectivity index (χ1) is 15.6. The molecule has 162 valence electrons. The van der Waals surface area contributed by atoms with Crippen LogP contribution in [0.3, 0.4) is 0 Å². The Bertz CT molecular complexity index is 1360. The summed E-state index contributed by atoms with van der Waals surface area (Å²) >= 11 is 0. The topological polar surface area (TPSA) is 122 Å². The van der Waals surface area contributed by atoms with Gasteiger partial charge in [0.25, 0.3) is 5.56 Å². The summed E-state index contributed by atoms with van der Waals surface area (Å²) in [5, 5.41) is 0.237. The Morgan fingerprint density at radius 2 is 1.56 bits per heavy atom. The molecule has 1 aliphatic heterocycles. The molecule has 1 fully saturated rings. The summed E-state index contributed by atoms with van der Waals surface area (Å²) in [7, 11) is 1.55. The van der Waals surface area contributed by atoms with E-state index in [9.17, 15) is 9.59 Å². The van der Waals surface area contributed by atoms with E-state index in [-0.39, 0.29) is 11.0 Å². The first-order valence-corrected chi connectivity index (χ1v) is 10.1. The number of H-pyrrole nitrogens is 1. The average molecular weight is 432 g/mol. The zero-order valence-corrected chi connectivity index (χ0v) is 17.3. The number of fused-ring (bicyclic) bond motifs is 1. The van der Waals surface area contributed by atoms with Crippen molar-refractivity contribution in [2.75, 3.05) is 43.1 Å². The molecule has 1 saturated heterocycles. The molecule has 11 nitrogen and oxygen atoms in total. The molecule has 3 aromatic heterocycles. The van der Waals surface area contributed by atoms with Crippen molar-refractivity contribution in [2.45, 2.75) is 0 Å². The van der Waals surface area contributed by atoms with Crippen LogP contribution in [0.25, 0.3) is 16.7 Å². The molecule has 1 N–H and O–H groups in total. The van der Waals surface area contributed by atoms with Gasteiger partial charge in [-0.1, -0.05) is 0 Å². The van der Waals surface area contributed by atoms with Gasteiger partial charge in [-0.15, -0.1) is 0 Å². The van der Waals surface area contributed by atoms with Crippen LogP contribution in [0.4, 0.5) is 11.9 Å². The molecule has 0 bridgehead atoms. The number of aromatic amines is 1. The standard InChI is InChI=1S/C21H20N8O3/c1-32-15-5-3-14(4-6-15)29-18(30)16-13-24-20(25-17(16)26-21(29)31)28-11-9-27(10-12-28)19-22-7-2-8-23-19/h2-8,13H,9-12H2,1H3,(H,24,25,26,31). The third-order valence-electron chi connectivity index (χ3n) is 5.37. The van der Waals surface area contributed by atoms with Crippen LogP contribution in [0.15, 0.2) is 58.5 Å². The second kappa shape index (κ2) is 8.10. The summed E-state index contributed by atoms with van der Waals surface area (Å²) in [5.74, 6) is 1.78. The Kier molecular flexibility index (Phi) is 4.98. The molecule has 32 heavy (non-hydrogen) atoms. The molecule has 0 amide bonds. The van der Waals surface area contributed by atoms with E-state index >= 15 is 0 Å². The molecular formula is C21H20N8O3. The third kappa shape index (κ3) is 3.53. The van der Waals surface area contributed by atoms with Crippen LogP contribution in [-0.2, 0) is 0 Å². The molecule has 0 atom stereocenters. The quantitative estimate of drug-likeness (QED) is 0.494. The first kappa shape index (κ1) is 19.7. The largest absolute Gasteiger partial charge is 0.497 e. The highest BCUT2D eigenvalue weighted by atomic mass is 16.5. The summed E-state index contributed by atoms with van der Waals surface area (Å²) < 4.78 is 6.19. The molecule has 11 heteroatoms. The smallest absolute Gasteiger partial charge is 0.334 e. The van der Waals surface area contributed by atoms with Gasteiger partial charge >= 0.3 is 5.69 Å². The van der Waals surface area contributed by atoms with E-state index in [1.165, 1.54) is 6.20 Å². The molecule has 0 radical (unpaired) electrons. The molecule has 4 aromatic rings. The molecule has 1 aromatic carbocycles. The molecule has 0 unspecified atom stereocenters. The van der Waals surface area contributed by atoms with Gasteiger partial charge in [0.15, 0.2) is 5.65 Å². The second-order valence-corrected chi connectivity index (χ2v) is 7.22. The van der Waals surface area contributed by atoms with Gasteiger partial charge in [-0.25, -0.2) is 24.3 Å². The van der Waals surface area contributed by atoms with Gasteiger partial charge in [0.2, 0.25) is 11.9 Å². The molecule has 0 aliphatic carbocycles. The number of rotatable bonds is 4. The fourth-order valence-corrected chi connectivity index (χ4v) is 3.67. The maximum Gasteiger partial charge on any atom is 0.334 e. The Balaban J connectivity index is 1.42. The zero-order valence-electron chi connectivity index (χ0n) is 17.3. The molecular weight excluding hydrogens is 412 g/mol. The number of anilines is 2. The van der Waals surface area contributed by atoms with Gasteiger partial charge in [0, 0.05) is 44.8 Å². The van der Waals surface area contributed by atoms with Crippen molar-refractivity contribution in [2.24, 2.45) is 0 Å². The van der Waals surface area contributed by atoms with Crippen LogP contribution in [0.5, 0.6) is 5.75 Å². The van der Waals surface area contributed by atoms with Gasteiger partial charge < -0.3 is 14.5 Å². The lowest BCUT2D eigenvalue weighted by molar-refractivity contribution is 0.414. The number of piperazine rings is 1. The molecule has 0 spiro atoms. The summed E-state index contributed by atoms with van der Waals surface area (Å²) in [6, 6.07) is 8.45. The lowest BCUT2D eigenvalue weighted by Crippen LogP contribution is -2.47. The summed E-state index contributed by atoms with van der Waals surface area (Å²) in [4.78, 5) is 49.9. The predicted octanol–water partition coefficient (Wildman–Crippen LogP) is 0.594. The van der Waals surface area contributed by atoms with Crippen molar-refractivity contribution in [3.63, 3.8) is 0 Å². The Hall–Kier alpha value is -4.28. The highest BCUT2D eigenvalue weighted by molar-refractivity contribution is 5.73. The predicted molar refractivity (Wildman–Crippen MR) is 119 cm³/mol. The maximum absolute atomic E-state index is 13.0. The van der Waals surface area contributed by atoms with Crippen LogP contribution in [0, 0.1) is 0 Å². The Labute approximate surface area is 182 Å². The highest BCUT2D eigenvalue weighted by Gasteiger charge is 2.21. The van der Waals surface area contributed by atoms with E-state index in [0.717, 1.165) is 4.57 Å². The van der Waals surface area contributed by atoms with Gasteiger partial charge in [-0.3, -0.25) is 9.78 Å². The SMILES string of the molecule is COc1ccc(-n2c(=O)[nH]c3nc(N4CCN(c5ncccn5)CC4)ncc3c2=O)cc1. The number of aromatic nitrogens is 6. The molecule has 1 aliphatic rings. The highest BCUT2D eigenvalue weighted by Crippen LogP contribution is 2.16. The molecule has 0 saturated carbocycles. The van der Waals surface area contributed by atoms with Crippen LogP contribution >= 0.6 is 0 Å². The van der Waals surface area contributed by atoms with Crippen molar-refractivity contribution >= 4 is 22.9 Å². The fraction of sp³-hybridized carbons (Fsp3) is 0.238. The van der Waals surface area contributed by atoms with Crippen LogP contribution in [-0.4, -0.2) is 62.8 Å². The van der Waals surface area contributed by atoms with Crippen LogP contribution in [0.2, 0.25) is 0 Å². The lowest BCUT2D eigenvalue weighted by atomic mass is 10.3. The van der Waals surface area contributed by atoms with Gasteiger partial charge in [-0.2, -0.15) is 4.98 Å². The first-order valence-electron chi connectivity index (χ1n) is 10.1. The van der Waals surface area contributed by atoms with E-state index in [1.807, 2.05) is 4.90 Å². The zero-order chi connectivity index (χ0) is 22.1.